The van der Waals surface area contributed by atoms with Crippen LogP contribution < -0.4 is 4.74 Å². The van der Waals surface area contributed by atoms with E-state index >= 15 is 0 Å². The van der Waals surface area contributed by atoms with Crippen molar-refractivity contribution in [2.75, 3.05) is 6.61 Å². The summed E-state index contributed by atoms with van der Waals surface area (Å²) in [5, 5.41) is 0. The number of rotatable bonds is 7. The summed E-state index contributed by atoms with van der Waals surface area (Å²) >= 11 is 0. The van der Waals surface area contributed by atoms with Gasteiger partial charge in [0.2, 0.25) is 0 Å². The van der Waals surface area contributed by atoms with Crippen molar-refractivity contribution in [3.63, 3.8) is 0 Å². The molecule has 0 atom stereocenters. The third kappa shape index (κ3) is 5.74. The van der Waals surface area contributed by atoms with Crippen LogP contribution in [0.4, 0.5) is 0 Å². The molecule has 4 nitrogen and oxygen atoms in total. The third-order valence-electron chi connectivity index (χ3n) is 4.92. The molecule has 0 bridgehead atoms. The van der Waals surface area contributed by atoms with Gasteiger partial charge in [-0.2, -0.15) is 0 Å². The summed E-state index contributed by atoms with van der Waals surface area (Å²) in [5.41, 5.74) is 3.46. The van der Waals surface area contributed by atoms with Crippen LogP contribution in [0.5, 0.6) is 5.75 Å². The number of furan rings is 1. The van der Waals surface area contributed by atoms with Gasteiger partial charge in [0.05, 0.1) is 12.8 Å². The van der Waals surface area contributed by atoms with Gasteiger partial charge in [0.25, 0.3) is 5.91 Å². The van der Waals surface area contributed by atoms with Crippen molar-refractivity contribution in [1.82, 2.24) is 4.90 Å². The molecule has 29 heavy (non-hydrogen) atoms. The summed E-state index contributed by atoms with van der Waals surface area (Å²) in [4.78, 5) is 14.7. The molecule has 0 aliphatic heterocycles. The van der Waals surface area contributed by atoms with Crippen LogP contribution in [0.1, 0.15) is 43.2 Å². The SMILES string of the molecule is Cc1ccccc1OCC(=O)N(Cc1ccc(C(C)(C)C)cc1)Cc1ccco1. The van der Waals surface area contributed by atoms with E-state index in [1.807, 2.05) is 43.3 Å². The molecule has 0 unspecified atom stereocenters. The van der Waals surface area contributed by atoms with E-state index in [2.05, 4.69) is 45.0 Å². The third-order valence-corrected chi connectivity index (χ3v) is 4.92. The zero-order valence-corrected chi connectivity index (χ0v) is 17.6. The predicted octanol–water partition coefficient (Wildman–Crippen LogP) is 5.49. The number of hydrogen-bond donors (Lipinski definition) is 0. The maximum Gasteiger partial charge on any atom is 0.261 e. The van der Waals surface area contributed by atoms with Crippen LogP contribution in [0, 0.1) is 6.92 Å². The summed E-state index contributed by atoms with van der Waals surface area (Å²) < 4.78 is 11.2. The molecule has 0 fully saturated rings. The largest absolute Gasteiger partial charge is 0.484 e. The molecule has 3 aromatic rings. The summed E-state index contributed by atoms with van der Waals surface area (Å²) in [6.45, 7) is 9.45. The van der Waals surface area contributed by atoms with Crippen molar-refractivity contribution < 1.29 is 13.9 Å². The van der Waals surface area contributed by atoms with Gasteiger partial charge in [0, 0.05) is 6.54 Å². The van der Waals surface area contributed by atoms with Crippen LogP contribution in [0.15, 0.2) is 71.3 Å². The first kappa shape index (κ1) is 20.7. The molecular formula is C25H29NO3. The van der Waals surface area contributed by atoms with E-state index in [4.69, 9.17) is 9.15 Å². The molecule has 1 aromatic heterocycles. The van der Waals surface area contributed by atoms with Crippen molar-refractivity contribution in [1.29, 1.82) is 0 Å². The van der Waals surface area contributed by atoms with Gasteiger partial charge in [-0.25, -0.2) is 0 Å². The number of carbonyl (C=O) groups excluding carboxylic acids is 1. The maximum absolute atomic E-state index is 12.9. The molecule has 152 valence electrons. The lowest BCUT2D eigenvalue weighted by atomic mass is 9.87. The monoisotopic (exact) mass is 391 g/mol. The Labute approximate surface area is 173 Å². The van der Waals surface area contributed by atoms with E-state index in [0.29, 0.717) is 13.1 Å². The second kappa shape index (κ2) is 8.99. The predicted molar refractivity (Wildman–Crippen MR) is 115 cm³/mol. The molecule has 3 rings (SSSR count). The van der Waals surface area contributed by atoms with Crippen LogP contribution in [-0.4, -0.2) is 17.4 Å². The smallest absolute Gasteiger partial charge is 0.261 e. The minimum Gasteiger partial charge on any atom is -0.484 e. The van der Waals surface area contributed by atoms with E-state index in [0.717, 1.165) is 22.6 Å². The van der Waals surface area contributed by atoms with Gasteiger partial charge in [-0.15, -0.1) is 0 Å². The van der Waals surface area contributed by atoms with Gasteiger partial charge in [0.1, 0.15) is 11.5 Å². The van der Waals surface area contributed by atoms with Crippen LogP contribution in [0.2, 0.25) is 0 Å². The normalized spacial score (nSPS) is 11.3. The highest BCUT2D eigenvalue weighted by molar-refractivity contribution is 5.77. The van der Waals surface area contributed by atoms with Crippen molar-refractivity contribution in [3.8, 4) is 5.75 Å². The Kier molecular flexibility index (Phi) is 6.42. The Morgan fingerprint density at radius 1 is 0.966 bits per heavy atom. The second-order valence-electron chi connectivity index (χ2n) is 8.33. The highest BCUT2D eigenvalue weighted by Gasteiger charge is 2.18. The number of carbonyl (C=O) groups is 1. The fourth-order valence-corrected chi connectivity index (χ4v) is 3.10. The fraction of sp³-hybridized carbons (Fsp3) is 0.320. The van der Waals surface area contributed by atoms with Crippen LogP contribution in [0.3, 0.4) is 0 Å². The summed E-state index contributed by atoms with van der Waals surface area (Å²) in [7, 11) is 0. The van der Waals surface area contributed by atoms with Crippen LogP contribution in [0.25, 0.3) is 0 Å². The fourth-order valence-electron chi connectivity index (χ4n) is 3.10. The lowest BCUT2D eigenvalue weighted by Crippen LogP contribution is -2.34. The number of nitrogens with zero attached hydrogens (tertiary/aromatic N) is 1. The zero-order chi connectivity index (χ0) is 20.9. The van der Waals surface area contributed by atoms with E-state index in [-0.39, 0.29) is 17.9 Å². The van der Waals surface area contributed by atoms with Crippen molar-refractivity contribution in [2.24, 2.45) is 0 Å². The maximum atomic E-state index is 12.9. The Balaban J connectivity index is 1.72. The molecule has 0 saturated heterocycles. The van der Waals surface area contributed by atoms with E-state index in [1.165, 1.54) is 5.56 Å². The highest BCUT2D eigenvalue weighted by atomic mass is 16.5. The number of aryl methyl sites for hydroxylation is 1. The van der Waals surface area contributed by atoms with Gasteiger partial charge in [-0.05, 0) is 47.2 Å². The number of amides is 1. The molecule has 2 aromatic carbocycles. The first-order valence-electron chi connectivity index (χ1n) is 9.91. The van der Waals surface area contributed by atoms with Gasteiger partial charge in [-0.3, -0.25) is 4.79 Å². The molecule has 0 aliphatic carbocycles. The molecule has 0 radical (unpaired) electrons. The molecule has 1 heterocycles. The molecule has 1 amide bonds. The van der Waals surface area contributed by atoms with Gasteiger partial charge < -0.3 is 14.1 Å². The van der Waals surface area contributed by atoms with Crippen molar-refractivity contribution in [3.05, 3.63) is 89.4 Å². The Morgan fingerprint density at radius 2 is 1.69 bits per heavy atom. The Hall–Kier alpha value is -3.01. The molecular weight excluding hydrogens is 362 g/mol. The van der Waals surface area contributed by atoms with E-state index in [9.17, 15) is 4.79 Å². The molecule has 0 aliphatic rings. The second-order valence-corrected chi connectivity index (χ2v) is 8.33. The highest BCUT2D eigenvalue weighted by Crippen LogP contribution is 2.23. The average molecular weight is 392 g/mol. The van der Waals surface area contributed by atoms with E-state index < -0.39 is 0 Å². The minimum atomic E-state index is -0.0791. The molecule has 0 spiro atoms. The zero-order valence-electron chi connectivity index (χ0n) is 17.6. The first-order chi connectivity index (χ1) is 13.8. The standard InChI is InChI=1S/C25H29NO3/c1-19-8-5-6-10-23(19)29-18-24(27)26(17-22-9-7-15-28-22)16-20-11-13-21(14-12-20)25(2,3)4/h5-15H,16-18H2,1-4H3. The summed E-state index contributed by atoms with van der Waals surface area (Å²) in [6.07, 6.45) is 1.62. The Morgan fingerprint density at radius 3 is 2.31 bits per heavy atom. The van der Waals surface area contributed by atoms with Crippen molar-refractivity contribution >= 4 is 5.91 Å². The minimum absolute atomic E-state index is 0.00830. The van der Waals surface area contributed by atoms with Crippen LogP contribution in [-0.2, 0) is 23.3 Å². The lowest BCUT2D eigenvalue weighted by molar-refractivity contribution is -0.134. The summed E-state index contributed by atoms with van der Waals surface area (Å²) in [6, 6.07) is 19.9. The molecule has 0 N–H and O–H groups in total. The lowest BCUT2D eigenvalue weighted by Gasteiger charge is -2.23. The number of ether oxygens (including phenoxy) is 1. The van der Waals surface area contributed by atoms with Gasteiger partial charge in [-0.1, -0.05) is 63.2 Å². The number of benzene rings is 2. The summed E-state index contributed by atoms with van der Waals surface area (Å²) in [5.74, 6) is 1.40. The molecule has 4 heteroatoms. The quantitative estimate of drug-likeness (QED) is 0.535. The average Bonchev–Trinajstić information content (AvgIpc) is 3.19. The van der Waals surface area contributed by atoms with E-state index in [1.54, 1.807) is 11.2 Å². The van der Waals surface area contributed by atoms with Gasteiger partial charge >= 0.3 is 0 Å². The van der Waals surface area contributed by atoms with Crippen molar-refractivity contribution in [2.45, 2.75) is 46.2 Å². The number of para-hydroxylation sites is 1. The Bertz CT molecular complexity index is 921. The first-order valence-corrected chi connectivity index (χ1v) is 9.91. The van der Waals surface area contributed by atoms with Gasteiger partial charge in [0.15, 0.2) is 6.61 Å². The topological polar surface area (TPSA) is 42.7 Å². The van der Waals surface area contributed by atoms with Crippen LogP contribution >= 0.6 is 0 Å². The number of hydrogen-bond acceptors (Lipinski definition) is 3. The molecule has 0 saturated carbocycles.